The second kappa shape index (κ2) is 5.42. The minimum atomic E-state index is 0.443. The van der Waals surface area contributed by atoms with Crippen LogP contribution in [0.1, 0.15) is 26.7 Å². The molecule has 1 unspecified atom stereocenters. The molecule has 14 heavy (non-hydrogen) atoms. The Kier molecular flexibility index (Phi) is 4.16. The van der Waals surface area contributed by atoms with Gasteiger partial charge in [0.15, 0.2) is 0 Å². The number of nitrogens with two attached hydrogens (primary N) is 1. The largest absolute Gasteiger partial charge is 0.477 e. The summed E-state index contributed by atoms with van der Waals surface area (Å²) in [6.07, 6.45) is 3.76. The Morgan fingerprint density at radius 1 is 1.50 bits per heavy atom. The summed E-state index contributed by atoms with van der Waals surface area (Å²) in [5.74, 6) is 1.55. The summed E-state index contributed by atoms with van der Waals surface area (Å²) < 4.78 is 5.47. The Hall–Kier alpha value is -1.32. The molecule has 0 fully saturated rings. The van der Waals surface area contributed by atoms with Crippen LogP contribution in [0.3, 0.4) is 0 Å². The molecular weight excluding hydrogens is 178 g/mol. The lowest BCUT2D eigenvalue weighted by Crippen LogP contribution is -2.09. The lowest BCUT2D eigenvalue weighted by atomic mass is 10.1. The molecule has 0 saturated carbocycles. The first-order chi connectivity index (χ1) is 6.72. The molecule has 4 nitrogen and oxygen atoms in total. The Labute approximate surface area is 84.5 Å². The molecule has 0 aliphatic rings. The first-order valence-electron chi connectivity index (χ1n) is 4.92. The van der Waals surface area contributed by atoms with Gasteiger partial charge in [0.05, 0.1) is 6.61 Å². The van der Waals surface area contributed by atoms with Crippen LogP contribution in [0.2, 0.25) is 0 Å². The number of hydrogen-bond donors (Lipinski definition) is 1. The topological polar surface area (TPSA) is 61.0 Å². The zero-order valence-corrected chi connectivity index (χ0v) is 8.73. The van der Waals surface area contributed by atoms with Crippen molar-refractivity contribution in [3.63, 3.8) is 0 Å². The van der Waals surface area contributed by atoms with Crippen LogP contribution < -0.4 is 10.5 Å². The van der Waals surface area contributed by atoms with Gasteiger partial charge in [0.1, 0.15) is 12.1 Å². The van der Waals surface area contributed by atoms with Gasteiger partial charge >= 0.3 is 0 Å². The number of ether oxygens (including phenoxy) is 1. The molecule has 2 N–H and O–H groups in total. The number of rotatable bonds is 5. The third kappa shape index (κ3) is 3.60. The predicted molar refractivity (Wildman–Crippen MR) is 56.0 cm³/mol. The standard InChI is InChI=1S/C10H17N3O/c1-3-4-8(2)6-14-10-5-9(11)12-7-13-10/h5,7-8H,3-4,6H2,1-2H3,(H2,11,12,13). The van der Waals surface area contributed by atoms with E-state index >= 15 is 0 Å². The van der Waals surface area contributed by atoms with Gasteiger partial charge < -0.3 is 10.5 Å². The van der Waals surface area contributed by atoms with Gasteiger partial charge in [-0.2, -0.15) is 0 Å². The quantitative estimate of drug-likeness (QED) is 0.779. The van der Waals surface area contributed by atoms with E-state index in [0.29, 0.717) is 24.2 Å². The molecule has 0 aromatic carbocycles. The van der Waals surface area contributed by atoms with Crippen molar-refractivity contribution in [3.05, 3.63) is 12.4 Å². The molecule has 4 heteroatoms. The van der Waals surface area contributed by atoms with Crippen LogP contribution in [0.4, 0.5) is 5.82 Å². The third-order valence-corrected chi connectivity index (χ3v) is 1.96. The molecule has 0 saturated heterocycles. The highest BCUT2D eigenvalue weighted by Gasteiger charge is 2.02. The van der Waals surface area contributed by atoms with E-state index in [2.05, 4.69) is 23.8 Å². The van der Waals surface area contributed by atoms with Gasteiger partial charge in [-0.05, 0) is 12.3 Å². The van der Waals surface area contributed by atoms with E-state index in [0.717, 1.165) is 0 Å². The van der Waals surface area contributed by atoms with E-state index in [1.54, 1.807) is 6.07 Å². The summed E-state index contributed by atoms with van der Waals surface area (Å²) in [7, 11) is 0. The van der Waals surface area contributed by atoms with Crippen molar-refractivity contribution in [2.24, 2.45) is 5.92 Å². The Morgan fingerprint density at radius 2 is 2.29 bits per heavy atom. The highest BCUT2D eigenvalue weighted by molar-refractivity contribution is 5.30. The fourth-order valence-corrected chi connectivity index (χ4v) is 1.24. The van der Waals surface area contributed by atoms with Crippen molar-refractivity contribution in [2.75, 3.05) is 12.3 Å². The smallest absolute Gasteiger partial charge is 0.218 e. The number of hydrogen-bond acceptors (Lipinski definition) is 4. The summed E-state index contributed by atoms with van der Waals surface area (Å²) in [4.78, 5) is 7.75. The minimum Gasteiger partial charge on any atom is -0.477 e. The summed E-state index contributed by atoms with van der Waals surface area (Å²) in [5.41, 5.74) is 5.49. The lowest BCUT2D eigenvalue weighted by molar-refractivity contribution is 0.243. The average molecular weight is 195 g/mol. The molecule has 1 heterocycles. The van der Waals surface area contributed by atoms with Crippen LogP contribution in [-0.4, -0.2) is 16.6 Å². The fraction of sp³-hybridized carbons (Fsp3) is 0.600. The van der Waals surface area contributed by atoms with Crippen LogP contribution in [0.25, 0.3) is 0 Å². The summed E-state index contributed by atoms with van der Waals surface area (Å²) >= 11 is 0. The Balaban J connectivity index is 2.37. The zero-order chi connectivity index (χ0) is 10.4. The monoisotopic (exact) mass is 195 g/mol. The Bertz CT molecular complexity index is 278. The van der Waals surface area contributed by atoms with Crippen molar-refractivity contribution in [3.8, 4) is 5.88 Å². The van der Waals surface area contributed by atoms with Gasteiger partial charge in [0, 0.05) is 6.07 Å². The highest BCUT2D eigenvalue weighted by atomic mass is 16.5. The van der Waals surface area contributed by atoms with Gasteiger partial charge in [0.25, 0.3) is 0 Å². The van der Waals surface area contributed by atoms with E-state index in [4.69, 9.17) is 10.5 Å². The lowest BCUT2D eigenvalue weighted by Gasteiger charge is -2.10. The Morgan fingerprint density at radius 3 is 2.93 bits per heavy atom. The molecule has 0 aliphatic carbocycles. The van der Waals surface area contributed by atoms with Gasteiger partial charge in [-0.25, -0.2) is 9.97 Å². The maximum Gasteiger partial charge on any atom is 0.218 e. The molecule has 1 atom stereocenters. The second-order valence-corrected chi connectivity index (χ2v) is 3.49. The highest BCUT2D eigenvalue weighted by Crippen LogP contribution is 2.11. The molecule has 1 rings (SSSR count). The number of nitrogen functional groups attached to an aromatic ring is 1. The van der Waals surface area contributed by atoms with Crippen LogP contribution in [0.5, 0.6) is 5.88 Å². The molecule has 78 valence electrons. The summed E-state index contributed by atoms with van der Waals surface area (Å²) in [6, 6.07) is 1.64. The fourth-order valence-electron chi connectivity index (χ4n) is 1.24. The van der Waals surface area contributed by atoms with E-state index in [1.165, 1.54) is 19.2 Å². The van der Waals surface area contributed by atoms with E-state index < -0.39 is 0 Å². The molecule has 0 radical (unpaired) electrons. The van der Waals surface area contributed by atoms with Gasteiger partial charge in [0.2, 0.25) is 5.88 Å². The SMILES string of the molecule is CCCC(C)COc1cc(N)ncn1. The molecule has 1 aromatic rings. The maximum absolute atomic E-state index is 5.49. The van der Waals surface area contributed by atoms with Crippen LogP contribution in [0, 0.1) is 5.92 Å². The third-order valence-electron chi connectivity index (χ3n) is 1.96. The predicted octanol–water partition coefficient (Wildman–Crippen LogP) is 1.87. The van der Waals surface area contributed by atoms with Gasteiger partial charge in [-0.1, -0.05) is 20.3 Å². The van der Waals surface area contributed by atoms with Crippen LogP contribution >= 0.6 is 0 Å². The molecule has 0 bridgehead atoms. The van der Waals surface area contributed by atoms with Crippen molar-refractivity contribution in [2.45, 2.75) is 26.7 Å². The van der Waals surface area contributed by atoms with Gasteiger partial charge in [-0.3, -0.25) is 0 Å². The average Bonchev–Trinajstić information content (AvgIpc) is 2.15. The van der Waals surface area contributed by atoms with Crippen molar-refractivity contribution in [1.29, 1.82) is 0 Å². The molecule has 0 spiro atoms. The zero-order valence-electron chi connectivity index (χ0n) is 8.73. The van der Waals surface area contributed by atoms with Crippen LogP contribution in [0.15, 0.2) is 12.4 Å². The number of aromatic nitrogens is 2. The number of anilines is 1. The van der Waals surface area contributed by atoms with E-state index in [-0.39, 0.29) is 0 Å². The van der Waals surface area contributed by atoms with E-state index in [1.807, 2.05) is 0 Å². The summed E-state index contributed by atoms with van der Waals surface area (Å²) in [5, 5.41) is 0. The molecule has 1 aromatic heterocycles. The van der Waals surface area contributed by atoms with E-state index in [9.17, 15) is 0 Å². The normalized spacial score (nSPS) is 12.4. The van der Waals surface area contributed by atoms with Crippen molar-refractivity contribution in [1.82, 2.24) is 9.97 Å². The molecular formula is C10H17N3O. The second-order valence-electron chi connectivity index (χ2n) is 3.49. The number of nitrogens with zero attached hydrogens (tertiary/aromatic N) is 2. The van der Waals surface area contributed by atoms with Crippen molar-refractivity contribution < 1.29 is 4.74 Å². The van der Waals surface area contributed by atoms with Gasteiger partial charge in [-0.15, -0.1) is 0 Å². The maximum atomic E-state index is 5.49. The molecule has 0 amide bonds. The first-order valence-corrected chi connectivity index (χ1v) is 4.92. The minimum absolute atomic E-state index is 0.443. The summed E-state index contributed by atoms with van der Waals surface area (Å²) in [6.45, 7) is 5.01. The van der Waals surface area contributed by atoms with Crippen LogP contribution in [-0.2, 0) is 0 Å². The first kappa shape index (κ1) is 10.8. The van der Waals surface area contributed by atoms with Crippen molar-refractivity contribution >= 4 is 5.82 Å². The molecule has 0 aliphatic heterocycles.